The first-order valence-electron chi connectivity index (χ1n) is 6.39. The van der Waals surface area contributed by atoms with Crippen molar-refractivity contribution in [3.05, 3.63) is 54.1 Å². The van der Waals surface area contributed by atoms with Crippen LogP contribution in [-0.4, -0.2) is 13.2 Å². The van der Waals surface area contributed by atoms with Crippen LogP contribution in [0.25, 0.3) is 0 Å². The van der Waals surface area contributed by atoms with Crippen LogP contribution in [-0.2, 0) is 0 Å². The minimum absolute atomic E-state index is 0.564. The van der Waals surface area contributed by atoms with Crippen LogP contribution in [0.1, 0.15) is 12.0 Å². The Balaban J connectivity index is 1.67. The van der Waals surface area contributed by atoms with Gasteiger partial charge in [0.15, 0.2) is 0 Å². The fraction of sp³-hybridized carbons (Fsp3) is 0.188. The second-order valence-corrected chi connectivity index (χ2v) is 4.26. The molecule has 0 aromatic heterocycles. The molecule has 0 heterocycles. The van der Waals surface area contributed by atoms with Gasteiger partial charge in [-0.2, -0.15) is 5.26 Å². The van der Waals surface area contributed by atoms with Crippen LogP contribution in [0.15, 0.2) is 48.5 Å². The van der Waals surface area contributed by atoms with Crippen molar-refractivity contribution < 1.29 is 9.47 Å². The number of rotatable bonds is 6. The van der Waals surface area contributed by atoms with Gasteiger partial charge in [-0.05, 0) is 36.4 Å². The van der Waals surface area contributed by atoms with Crippen molar-refractivity contribution in [2.24, 2.45) is 0 Å². The Morgan fingerprint density at radius 1 is 0.950 bits per heavy atom. The molecule has 0 aliphatic heterocycles. The molecule has 102 valence electrons. The molecule has 0 saturated carbocycles. The highest BCUT2D eigenvalue weighted by Crippen LogP contribution is 2.15. The van der Waals surface area contributed by atoms with Gasteiger partial charge in [0.25, 0.3) is 0 Å². The Bertz CT molecular complexity index is 588. The fourth-order valence-corrected chi connectivity index (χ4v) is 1.67. The van der Waals surface area contributed by atoms with Gasteiger partial charge in [0, 0.05) is 18.2 Å². The summed E-state index contributed by atoms with van der Waals surface area (Å²) in [7, 11) is 0. The molecule has 4 heteroatoms. The Labute approximate surface area is 118 Å². The van der Waals surface area contributed by atoms with Crippen molar-refractivity contribution in [1.29, 1.82) is 5.26 Å². The van der Waals surface area contributed by atoms with Crippen molar-refractivity contribution in [2.45, 2.75) is 6.42 Å². The average Bonchev–Trinajstić information content (AvgIpc) is 2.48. The van der Waals surface area contributed by atoms with Crippen molar-refractivity contribution in [2.75, 3.05) is 18.9 Å². The number of hydrogen-bond donors (Lipinski definition) is 1. The second-order valence-electron chi connectivity index (χ2n) is 4.26. The van der Waals surface area contributed by atoms with E-state index in [0.717, 1.165) is 17.9 Å². The van der Waals surface area contributed by atoms with E-state index in [1.54, 1.807) is 30.3 Å². The van der Waals surface area contributed by atoms with E-state index >= 15 is 0 Å². The number of anilines is 1. The number of hydrogen-bond acceptors (Lipinski definition) is 4. The number of nitrogens with two attached hydrogens (primary N) is 1. The third-order valence-corrected chi connectivity index (χ3v) is 2.67. The van der Waals surface area contributed by atoms with E-state index in [9.17, 15) is 0 Å². The molecule has 0 aliphatic rings. The maximum atomic E-state index is 8.69. The predicted octanol–water partition coefficient (Wildman–Crippen LogP) is 2.99. The standard InChI is InChI=1S/C16H16N2O2/c17-12-13-5-7-15(8-6-13)19-9-2-10-20-16-4-1-3-14(18)11-16/h1,3-8,11H,2,9-10,18H2. The van der Waals surface area contributed by atoms with Crippen LogP contribution in [0.3, 0.4) is 0 Å². The molecule has 0 fully saturated rings. The summed E-state index contributed by atoms with van der Waals surface area (Å²) >= 11 is 0. The predicted molar refractivity (Wildman–Crippen MR) is 77.6 cm³/mol. The molecule has 0 bridgehead atoms. The average molecular weight is 268 g/mol. The first kappa shape index (κ1) is 13.8. The lowest BCUT2D eigenvalue weighted by Gasteiger charge is -2.08. The van der Waals surface area contributed by atoms with Gasteiger partial charge in [0.2, 0.25) is 0 Å². The molecule has 20 heavy (non-hydrogen) atoms. The smallest absolute Gasteiger partial charge is 0.121 e. The lowest BCUT2D eigenvalue weighted by Crippen LogP contribution is -2.05. The molecule has 0 spiro atoms. The SMILES string of the molecule is N#Cc1ccc(OCCCOc2cccc(N)c2)cc1. The van der Waals surface area contributed by atoms with Crippen molar-refractivity contribution in [1.82, 2.24) is 0 Å². The molecule has 0 unspecified atom stereocenters. The second kappa shape index (κ2) is 7.05. The number of nitriles is 1. The lowest BCUT2D eigenvalue weighted by atomic mass is 10.2. The van der Waals surface area contributed by atoms with Gasteiger partial charge in [-0.1, -0.05) is 6.07 Å². The van der Waals surface area contributed by atoms with E-state index in [-0.39, 0.29) is 0 Å². The highest BCUT2D eigenvalue weighted by atomic mass is 16.5. The third kappa shape index (κ3) is 4.21. The highest BCUT2D eigenvalue weighted by Gasteiger charge is 1.97. The largest absolute Gasteiger partial charge is 0.493 e. The molecule has 2 N–H and O–H groups in total. The number of benzene rings is 2. The van der Waals surface area contributed by atoms with E-state index in [4.69, 9.17) is 20.5 Å². The Morgan fingerprint density at radius 3 is 2.30 bits per heavy atom. The third-order valence-electron chi connectivity index (χ3n) is 2.67. The number of ether oxygens (including phenoxy) is 2. The van der Waals surface area contributed by atoms with E-state index in [1.807, 2.05) is 18.2 Å². The van der Waals surface area contributed by atoms with Crippen LogP contribution in [0.4, 0.5) is 5.69 Å². The summed E-state index contributed by atoms with van der Waals surface area (Å²) in [6.07, 6.45) is 0.773. The molecular weight excluding hydrogens is 252 g/mol. The molecule has 2 rings (SSSR count). The van der Waals surface area contributed by atoms with E-state index in [2.05, 4.69) is 6.07 Å². The topological polar surface area (TPSA) is 68.3 Å². The summed E-state index contributed by atoms with van der Waals surface area (Å²) in [6.45, 7) is 1.13. The Hall–Kier alpha value is -2.67. The van der Waals surface area contributed by atoms with Crippen LogP contribution < -0.4 is 15.2 Å². The normalized spacial score (nSPS) is 9.75. The van der Waals surface area contributed by atoms with Gasteiger partial charge in [-0.25, -0.2) is 0 Å². The van der Waals surface area contributed by atoms with E-state index < -0.39 is 0 Å². The summed E-state index contributed by atoms with van der Waals surface area (Å²) in [5.41, 5.74) is 6.98. The van der Waals surface area contributed by atoms with Crippen molar-refractivity contribution in [3.8, 4) is 17.6 Å². The monoisotopic (exact) mass is 268 g/mol. The zero-order valence-electron chi connectivity index (χ0n) is 11.1. The first-order chi connectivity index (χ1) is 9.78. The summed E-state index contributed by atoms with van der Waals surface area (Å²) in [6, 6.07) is 16.5. The minimum Gasteiger partial charge on any atom is -0.493 e. The van der Waals surface area contributed by atoms with E-state index in [0.29, 0.717) is 24.5 Å². The molecule has 0 radical (unpaired) electrons. The van der Waals surface area contributed by atoms with Crippen molar-refractivity contribution >= 4 is 5.69 Å². The fourth-order valence-electron chi connectivity index (χ4n) is 1.67. The zero-order chi connectivity index (χ0) is 14.2. The van der Waals surface area contributed by atoms with Gasteiger partial charge in [0.1, 0.15) is 11.5 Å². The van der Waals surface area contributed by atoms with Gasteiger partial charge in [-0.3, -0.25) is 0 Å². The minimum atomic E-state index is 0.564. The van der Waals surface area contributed by atoms with Gasteiger partial charge in [-0.15, -0.1) is 0 Å². The van der Waals surface area contributed by atoms with Gasteiger partial charge >= 0.3 is 0 Å². The van der Waals surface area contributed by atoms with E-state index in [1.165, 1.54) is 0 Å². The summed E-state index contributed by atoms with van der Waals surface area (Å²) in [4.78, 5) is 0. The van der Waals surface area contributed by atoms with Crippen LogP contribution in [0, 0.1) is 11.3 Å². The molecule has 0 saturated heterocycles. The lowest BCUT2D eigenvalue weighted by molar-refractivity contribution is 0.247. The highest BCUT2D eigenvalue weighted by molar-refractivity contribution is 5.43. The van der Waals surface area contributed by atoms with Crippen LogP contribution in [0.2, 0.25) is 0 Å². The molecular formula is C16H16N2O2. The van der Waals surface area contributed by atoms with Crippen LogP contribution in [0.5, 0.6) is 11.5 Å². The summed E-state index contributed by atoms with van der Waals surface area (Å²) in [5.74, 6) is 1.52. The van der Waals surface area contributed by atoms with Gasteiger partial charge in [0.05, 0.1) is 24.8 Å². The van der Waals surface area contributed by atoms with Crippen molar-refractivity contribution in [3.63, 3.8) is 0 Å². The summed E-state index contributed by atoms with van der Waals surface area (Å²) < 4.78 is 11.1. The Kier molecular flexibility index (Phi) is 4.85. The maximum Gasteiger partial charge on any atom is 0.121 e. The molecule has 0 aliphatic carbocycles. The first-order valence-corrected chi connectivity index (χ1v) is 6.39. The summed E-state index contributed by atoms with van der Waals surface area (Å²) in [5, 5.41) is 8.69. The number of nitrogens with zero attached hydrogens (tertiary/aromatic N) is 1. The molecule has 0 amide bonds. The molecule has 2 aromatic carbocycles. The maximum absolute atomic E-state index is 8.69. The van der Waals surface area contributed by atoms with Gasteiger partial charge < -0.3 is 15.2 Å². The van der Waals surface area contributed by atoms with Crippen LogP contribution >= 0.6 is 0 Å². The molecule has 2 aromatic rings. The number of nitrogen functional groups attached to an aromatic ring is 1. The molecule has 4 nitrogen and oxygen atoms in total. The Morgan fingerprint density at radius 2 is 1.65 bits per heavy atom. The molecule has 0 atom stereocenters. The zero-order valence-corrected chi connectivity index (χ0v) is 11.1. The quantitative estimate of drug-likeness (QED) is 0.646.